The van der Waals surface area contributed by atoms with Crippen LogP contribution in [0.15, 0.2) is 18.2 Å². The summed E-state index contributed by atoms with van der Waals surface area (Å²) < 4.78 is 10.6. The lowest BCUT2D eigenvalue weighted by Gasteiger charge is -2.11. The number of halogens is 2. The van der Waals surface area contributed by atoms with Crippen LogP contribution < -0.4 is 9.47 Å². The molecule has 16 heavy (non-hydrogen) atoms. The summed E-state index contributed by atoms with van der Waals surface area (Å²) >= 11 is 11.7. The van der Waals surface area contributed by atoms with E-state index in [2.05, 4.69) is 0 Å². The van der Waals surface area contributed by atoms with Gasteiger partial charge >= 0.3 is 0 Å². The number of hydrogen-bond donors (Lipinski definition) is 0. The van der Waals surface area contributed by atoms with E-state index < -0.39 is 0 Å². The summed E-state index contributed by atoms with van der Waals surface area (Å²) in [7, 11) is 1.57. The lowest BCUT2D eigenvalue weighted by Crippen LogP contribution is -1.96. The van der Waals surface area contributed by atoms with Gasteiger partial charge in [-0.15, -0.1) is 11.6 Å². The SMILES string of the molecule is CCOc1cc(C=CCCl)cc(Cl)c1OC. The van der Waals surface area contributed by atoms with E-state index in [1.807, 2.05) is 31.2 Å². The number of methoxy groups -OCH3 is 1. The van der Waals surface area contributed by atoms with Crippen LogP contribution in [0.5, 0.6) is 11.5 Å². The van der Waals surface area contributed by atoms with E-state index in [1.54, 1.807) is 7.11 Å². The molecule has 0 amide bonds. The van der Waals surface area contributed by atoms with Gasteiger partial charge in [-0.1, -0.05) is 23.8 Å². The van der Waals surface area contributed by atoms with Gasteiger partial charge in [0.1, 0.15) is 0 Å². The Labute approximate surface area is 106 Å². The van der Waals surface area contributed by atoms with Crippen LogP contribution in [0.3, 0.4) is 0 Å². The van der Waals surface area contributed by atoms with Crippen molar-refractivity contribution in [3.8, 4) is 11.5 Å². The molecule has 0 aromatic heterocycles. The maximum Gasteiger partial charge on any atom is 0.179 e. The lowest BCUT2D eigenvalue weighted by molar-refractivity contribution is 0.311. The Hall–Kier alpha value is -0.860. The van der Waals surface area contributed by atoms with E-state index in [0.717, 1.165) is 5.56 Å². The second kappa shape index (κ2) is 6.66. The van der Waals surface area contributed by atoms with E-state index in [1.165, 1.54) is 0 Å². The highest BCUT2D eigenvalue weighted by atomic mass is 35.5. The van der Waals surface area contributed by atoms with Crippen molar-refractivity contribution >= 4 is 29.3 Å². The summed E-state index contributed by atoms with van der Waals surface area (Å²) in [6.07, 6.45) is 3.73. The molecular weight excluding hydrogens is 247 g/mol. The number of rotatable bonds is 5. The van der Waals surface area contributed by atoms with Gasteiger partial charge in [-0.3, -0.25) is 0 Å². The van der Waals surface area contributed by atoms with Crippen molar-refractivity contribution in [1.82, 2.24) is 0 Å². The van der Waals surface area contributed by atoms with Gasteiger partial charge in [-0.2, -0.15) is 0 Å². The van der Waals surface area contributed by atoms with Crippen molar-refractivity contribution < 1.29 is 9.47 Å². The zero-order chi connectivity index (χ0) is 12.0. The van der Waals surface area contributed by atoms with E-state index in [-0.39, 0.29) is 0 Å². The minimum absolute atomic E-state index is 0.466. The molecule has 0 aliphatic rings. The Bertz CT molecular complexity index is 376. The van der Waals surface area contributed by atoms with Crippen molar-refractivity contribution in [2.24, 2.45) is 0 Å². The third kappa shape index (κ3) is 3.32. The molecule has 1 aromatic carbocycles. The first-order chi connectivity index (χ1) is 7.72. The molecule has 0 aliphatic carbocycles. The number of benzene rings is 1. The highest BCUT2D eigenvalue weighted by molar-refractivity contribution is 6.32. The standard InChI is InChI=1S/C12H14Cl2O2/c1-3-16-11-8-9(5-4-6-13)7-10(14)12(11)15-2/h4-5,7-8H,3,6H2,1-2H3. The molecule has 0 fully saturated rings. The largest absolute Gasteiger partial charge is 0.491 e. The lowest BCUT2D eigenvalue weighted by atomic mass is 10.2. The molecule has 2 nitrogen and oxygen atoms in total. The first-order valence-corrected chi connectivity index (χ1v) is 5.87. The van der Waals surface area contributed by atoms with Crippen LogP contribution in [0.25, 0.3) is 6.08 Å². The van der Waals surface area contributed by atoms with Crippen molar-refractivity contribution in [2.75, 3.05) is 19.6 Å². The fraction of sp³-hybridized carbons (Fsp3) is 0.333. The molecule has 0 heterocycles. The third-order valence-corrected chi connectivity index (χ3v) is 2.39. The molecule has 1 aromatic rings. The van der Waals surface area contributed by atoms with Crippen LogP contribution >= 0.6 is 23.2 Å². The second-order valence-corrected chi connectivity index (χ2v) is 3.74. The molecule has 0 saturated heterocycles. The number of alkyl halides is 1. The Kier molecular flexibility index (Phi) is 5.50. The Morgan fingerprint density at radius 3 is 2.69 bits per heavy atom. The normalized spacial score (nSPS) is 10.8. The number of allylic oxidation sites excluding steroid dienone is 1. The molecule has 4 heteroatoms. The molecule has 0 radical (unpaired) electrons. The summed E-state index contributed by atoms with van der Waals surface area (Å²) in [6, 6.07) is 3.68. The summed E-state index contributed by atoms with van der Waals surface area (Å²) in [5, 5.41) is 0.530. The third-order valence-electron chi connectivity index (χ3n) is 1.94. The first kappa shape index (κ1) is 13.2. The van der Waals surface area contributed by atoms with E-state index in [9.17, 15) is 0 Å². The van der Waals surface area contributed by atoms with E-state index in [0.29, 0.717) is 29.0 Å². The summed E-state index contributed by atoms with van der Waals surface area (Å²) in [6.45, 7) is 2.48. The highest BCUT2D eigenvalue weighted by Gasteiger charge is 2.10. The van der Waals surface area contributed by atoms with Gasteiger partial charge in [0, 0.05) is 5.88 Å². The van der Waals surface area contributed by atoms with Crippen LogP contribution in [0.4, 0.5) is 0 Å². The maximum atomic E-state index is 6.08. The fourth-order valence-corrected chi connectivity index (χ4v) is 1.71. The highest BCUT2D eigenvalue weighted by Crippen LogP contribution is 2.36. The average molecular weight is 261 g/mol. The van der Waals surface area contributed by atoms with Crippen LogP contribution in [-0.4, -0.2) is 19.6 Å². The predicted molar refractivity (Wildman–Crippen MR) is 68.9 cm³/mol. The smallest absolute Gasteiger partial charge is 0.179 e. The summed E-state index contributed by atoms with van der Waals surface area (Å²) in [5.41, 5.74) is 0.940. The Balaban J connectivity index is 3.11. The zero-order valence-corrected chi connectivity index (χ0v) is 10.8. The molecule has 1 rings (SSSR count). The molecule has 88 valence electrons. The van der Waals surface area contributed by atoms with Crippen molar-refractivity contribution in [3.63, 3.8) is 0 Å². The summed E-state index contributed by atoms with van der Waals surface area (Å²) in [4.78, 5) is 0. The topological polar surface area (TPSA) is 18.5 Å². The minimum atomic E-state index is 0.466. The minimum Gasteiger partial charge on any atom is -0.491 e. The monoisotopic (exact) mass is 260 g/mol. The van der Waals surface area contributed by atoms with Crippen molar-refractivity contribution in [1.29, 1.82) is 0 Å². The summed E-state index contributed by atoms with van der Waals surface area (Å²) in [5.74, 6) is 1.67. The van der Waals surface area contributed by atoms with Crippen LogP contribution in [0.2, 0.25) is 5.02 Å². The maximum absolute atomic E-state index is 6.08. The molecule has 0 bridgehead atoms. The zero-order valence-electron chi connectivity index (χ0n) is 9.30. The Morgan fingerprint density at radius 2 is 2.12 bits per heavy atom. The molecule has 0 spiro atoms. The van der Waals surface area contributed by atoms with Gasteiger partial charge in [0.05, 0.1) is 18.7 Å². The van der Waals surface area contributed by atoms with E-state index in [4.69, 9.17) is 32.7 Å². The molecule has 0 unspecified atom stereocenters. The van der Waals surface area contributed by atoms with Gasteiger partial charge < -0.3 is 9.47 Å². The molecule has 0 saturated carbocycles. The second-order valence-electron chi connectivity index (χ2n) is 3.02. The van der Waals surface area contributed by atoms with Gasteiger partial charge in [-0.25, -0.2) is 0 Å². The van der Waals surface area contributed by atoms with Crippen molar-refractivity contribution in [2.45, 2.75) is 6.92 Å². The average Bonchev–Trinajstić information content (AvgIpc) is 2.26. The first-order valence-electron chi connectivity index (χ1n) is 4.95. The predicted octanol–water partition coefficient (Wildman–Crippen LogP) is 4.00. The number of ether oxygens (including phenoxy) is 2. The Morgan fingerprint density at radius 1 is 1.38 bits per heavy atom. The van der Waals surface area contributed by atoms with Crippen LogP contribution in [0, 0.1) is 0 Å². The molecule has 0 aliphatic heterocycles. The quantitative estimate of drug-likeness (QED) is 0.746. The molecule has 0 N–H and O–H groups in total. The van der Waals surface area contributed by atoms with Gasteiger partial charge in [0.2, 0.25) is 0 Å². The molecular formula is C12H14Cl2O2. The molecule has 0 atom stereocenters. The van der Waals surface area contributed by atoms with Gasteiger partial charge in [0.15, 0.2) is 11.5 Å². The van der Waals surface area contributed by atoms with E-state index >= 15 is 0 Å². The van der Waals surface area contributed by atoms with Gasteiger partial charge in [0.25, 0.3) is 0 Å². The fourth-order valence-electron chi connectivity index (χ4n) is 1.33. The number of hydrogen-bond acceptors (Lipinski definition) is 2. The van der Waals surface area contributed by atoms with Crippen molar-refractivity contribution in [3.05, 3.63) is 28.8 Å². The van der Waals surface area contributed by atoms with Crippen LogP contribution in [-0.2, 0) is 0 Å². The van der Waals surface area contributed by atoms with Gasteiger partial charge in [-0.05, 0) is 24.6 Å². The van der Waals surface area contributed by atoms with Crippen LogP contribution in [0.1, 0.15) is 12.5 Å².